The summed E-state index contributed by atoms with van der Waals surface area (Å²) in [4.78, 5) is 0. The summed E-state index contributed by atoms with van der Waals surface area (Å²) >= 11 is 0. The molecule has 0 aromatic rings. The Morgan fingerprint density at radius 1 is 1.50 bits per heavy atom. The highest BCUT2D eigenvalue weighted by molar-refractivity contribution is 7.89. The molecule has 1 aliphatic rings. The summed E-state index contributed by atoms with van der Waals surface area (Å²) in [6.07, 6.45) is 0.225. The fourth-order valence-corrected chi connectivity index (χ4v) is 2.26. The van der Waals surface area contributed by atoms with E-state index in [9.17, 15) is 17.2 Å². The smallest absolute Gasteiger partial charge is 0.315 e. The van der Waals surface area contributed by atoms with E-state index in [1.54, 1.807) is 0 Å². The number of nitrogens with zero attached hydrogens (tertiary/aromatic N) is 1. The average Bonchev–Trinajstić information content (AvgIpc) is 2.35. The van der Waals surface area contributed by atoms with Gasteiger partial charge >= 0.3 is 5.76 Å². The number of halogens is 2. The van der Waals surface area contributed by atoms with Gasteiger partial charge in [-0.05, 0) is 12.8 Å². The Balaban J connectivity index is 2.82. The Morgan fingerprint density at radius 3 is 2.42 bits per heavy atom. The lowest BCUT2D eigenvalue weighted by atomic mass is 10.3. The molecular weight excluding hydrogens is 190 g/mol. The SMILES string of the molecule is NC1CCCN1S(=O)(=O)C(F)F. The van der Waals surface area contributed by atoms with E-state index < -0.39 is 21.9 Å². The number of hydrogen-bond acceptors (Lipinski definition) is 3. The summed E-state index contributed by atoms with van der Waals surface area (Å²) in [5.41, 5.74) is 5.32. The van der Waals surface area contributed by atoms with Crippen LogP contribution < -0.4 is 5.73 Å². The molecule has 1 unspecified atom stereocenters. The van der Waals surface area contributed by atoms with Crippen molar-refractivity contribution in [3.63, 3.8) is 0 Å². The van der Waals surface area contributed by atoms with Crippen molar-refractivity contribution < 1.29 is 17.2 Å². The number of alkyl halides is 2. The van der Waals surface area contributed by atoms with Gasteiger partial charge in [0.25, 0.3) is 10.0 Å². The highest BCUT2D eigenvalue weighted by Crippen LogP contribution is 2.21. The topological polar surface area (TPSA) is 63.4 Å². The van der Waals surface area contributed by atoms with Gasteiger partial charge in [0.1, 0.15) is 0 Å². The maximum absolute atomic E-state index is 12.0. The lowest BCUT2D eigenvalue weighted by Gasteiger charge is -2.19. The summed E-state index contributed by atoms with van der Waals surface area (Å²) in [6, 6.07) is 0. The van der Waals surface area contributed by atoms with E-state index in [1.807, 2.05) is 0 Å². The molecule has 0 aromatic carbocycles. The molecule has 1 fully saturated rings. The molecule has 0 radical (unpaired) electrons. The second kappa shape index (κ2) is 3.23. The van der Waals surface area contributed by atoms with Crippen LogP contribution in [0.1, 0.15) is 12.8 Å². The van der Waals surface area contributed by atoms with Crippen molar-refractivity contribution in [1.29, 1.82) is 0 Å². The first-order valence-corrected chi connectivity index (χ1v) is 5.01. The third kappa shape index (κ3) is 1.57. The molecular formula is C5H10F2N2O2S. The zero-order valence-corrected chi connectivity index (χ0v) is 7.10. The van der Waals surface area contributed by atoms with E-state index in [-0.39, 0.29) is 6.54 Å². The van der Waals surface area contributed by atoms with Crippen molar-refractivity contribution >= 4 is 10.0 Å². The molecule has 2 N–H and O–H groups in total. The number of nitrogens with two attached hydrogens (primary N) is 1. The summed E-state index contributed by atoms with van der Waals surface area (Å²) < 4.78 is 46.2. The van der Waals surface area contributed by atoms with Crippen LogP contribution in [0.2, 0.25) is 0 Å². The van der Waals surface area contributed by atoms with Crippen LogP contribution in [0.4, 0.5) is 8.78 Å². The van der Waals surface area contributed by atoms with Crippen molar-refractivity contribution in [3.8, 4) is 0 Å². The molecule has 0 spiro atoms. The maximum Gasteiger partial charge on any atom is 0.350 e. The van der Waals surface area contributed by atoms with Gasteiger partial charge in [-0.2, -0.15) is 13.1 Å². The van der Waals surface area contributed by atoms with Gasteiger partial charge in [-0.15, -0.1) is 0 Å². The van der Waals surface area contributed by atoms with Gasteiger partial charge in [0, 0.05) is 6.54 Å². The predicted octanol–water partition coefficient (Wildman–Crippen LogP) is -0.0806. The molecule has 7 heteroatoms. The van der Waals surface area contributed by atoms with Gasteiger partial charge in [-0.3, -0.25) is 0 Å². The van der Waals surface area contributed by atoms with E-state index in [0.717, 1.165) is 0 Å². The van der Waals surface area contributed by atoms with Crippen LogP contribution in [0, 0.1) is 0 Å². The lowest BCUT2D eigenvalue weighted by Crippen LogP contribution is -2.43. The monoisotopic (exact) mass is 200 g/mol. The first kappa shape index (κ1) is 9.82. The van der Waals surface area contributed by atoms with E-state index in [4.69, 9.17) is 5.73 Å². The summed E-state index contributed by atoms with van der Waals surface area (Å²) in [7, 11) is -4.45. The molecule has 1 saturated heterocycles. The van der Waals surface area contributed by atoms with Gasteiger partial charge in [0.15, 0.2) is 0 Å². The maximum atomic E-state index is 12.0. The van der Waals surface area contributed by atoms with E-state index in [1.165, 1.54) is 0 Å². The van der Waals surface area contributed by atoms with Crippen molar-refractivity contribution in [1.82, 2.24) is 4.31 Å². The molecule has 4 nitrogen and oxygen atoms in total. The third-order valence-corrected chi connectivity index (χ3v) is 3.36. The summed E-state index contributed by atoms with van der Waals surface area (Å²) in [6.45, 7) is 0.105. The minimum absolute atomic E-state index is 0.105. The Kier molecular flexibility index (Phi) is 2.64. The van der Waals surface area contributed by atoms with Gasteiger partial charge < -0.3 is 5.73 Å². The minimum atomic E-state index is -4.45. The zero-order chi connectivity index (χ0) is 9.35. The van der Waals surface area contributed by atoms with Crippen molar-refractivity contribution in [3.05, 3.63) is 0 Å². The van der Waals surface area contributed by atoms with Crippen LogP contribution >= 0.6 is 0 Å². The first-order valence-electron chi connectivity index (χ1n) is 3.50. The van der Waals surface area contributed by atoms with Crippen molar-refractivity contribution in [2.75, 3.05) is 6.54 Å². The van der Waals surface area contributed by atoms with E-state index in [0.29, 0.717) is 17.1 Å². The Labute approximate surface area is 69.4 Å². The Morgan fingerprint density at radius 2 is 2.08 bits per heavy atom. The van der Waals surface area contributed by atoms with Crippen LogP contribution in [0.15, 0.2) is 0 Å². The molecule has 72 valence electrons. The number of hydrogen-bond donors (Lipinski definition) is 1. The molecule has 0 saturated carbocycles. The molecule has 1 aliphatic heterocycles. The van der Waals surface area contributed by atoms with E-state index >= 15 is 0 Å². The molecule has 1 atom stereocenters. The minimum Gasteiger partial charge on any atom is -0.315 e. The predicted molar refractivity (Wildman–Crippen MR) is 38.8 cm³/mol. The largest absolute Gasteiger partial charge is 0.350 e. The summed E-state index contributed by atoms with van der Waals surface area (Å²) in [5.74, 6) is -3.36. The Hall–Kier alpha value is -0.270. The fourth-order valence-electron chi connectivity index (χ4n) is 1.18. The highest BCUT2D eigenvalue weighted by atomic mass is 32.2. The van der Waals surface area contributed by atoms with Crippen LogP contribution in [0.3, 0.4) is 0 Å². The average molecular weight is 200 g/mol. The second-order valence-corrected chi connectivity index (χ2v) is 4.48. The van der Waals surface area contributed by atoms with Gasteiger partial charge in [-0.25, -0.2) is 8.42 Å². The lowest BCUT2D eigenvalue weighted by molar-refractivity contribution is 0.217. The number of rotatable bonds is 2. The molecule has 0 amide bonds. The highest BCUT2D eigenvalue weighted by Gasteiger charge is 2.38. The van der Waals surface area contributed by atoms with Crippen molar-refractivity contribution in [2.45, 2.75) is 24.8 Å². The molecule has 0 aromatic heterocycles. The second-order valence-electron chi connectivity index (χ2n) is 2.63. The first-order chi connectivity index (χ1) is 5.46. The van der Waals surface area contributed by atoms with E-state index in [2.05, 4.69) is 0 Å². The van der Waals surface area contributed by atoms with Crippen molar-refractivity contribution in [2.24, 2.45) is 5.73 Å². The molecule has 1 rings (SSSR count). The van der Waals surface area contributed by atoms with Crippen LogP contribution in [0.5, 0.6) is 0 Å². The fraction of sp³-hybridized carbons (Fsp3) is 1.00. The van der Waals surface area contributed by atoms with Gasteiger partial charge in [0.05, 0.1) is 6.17 Å². The molecule has 0 aliphatic carbocycles. The molecule has 12 heavy (non-hydrogen) atoms. The molecule has 0 bridgehead atoms. The quantitative estimate of drug-likeness (QED) is 0.678. The third-order valence-electron chi connectivity index (χ3n) is 1.80. The van der Waals surface area contributed by atoms with Crippen LogP contribution in [0.25, 0.3) is 0 Å². The van der Waals surface area contributed by atoms with Gasteiger partial charge in [0.2, 0.25) is 0 Å². The standard InChI is InChI=1S/C5H10F2N2O2S/c6-5(7)12(10,11)9-3-1-2-4(9)8/h4-5H,1-3,8H2. The zero-order valence-electron chi connectivity index (χ0n) is 6.28. The number of sulfonamides is 1. The normalized spacial score (nSPS) is 26.8. The summed E-state index contributed by atoms with van der Waals surface area (Å²) in [5, 5.41) is 0. The van der Waals surface area contributed by atoms with Crippen LogP contribution in [-0.2, 0) is 10.0 Å². The Bertz CT molecular complexity index is 254. The van der Waals surface area contributed by atoms with Crippen LogP contribution in [-0.4, -0.2) is 31.2 Å². The molecule has 1 heterocycles. The van der Waals surface area contributed by atoms with Gasteiger partial charge in [-0.1, -0.05) is 0 Å².